The summed E-state index contributed by atoms with van der Waals surface area (Å²) < 4.78 is 44.7. The Morgan fingerprint density at radius 2 is 1.91 bits per heavy atom. The van der Waals surface area contributed by atoms with Crippen molar-refractivity contribution >= 4 is 22.0 Å². The molecule has 1 aromatic rings. The van der Waals surface area contributed by atoms with Crippen molar-refractivity contribution in [3.05, 3.63) is 29.6 Å². The number of aliphatic carboxylic acids is 1. The number of benzene rings is 1. The van der Waals surface area contributed by atoms with Crippen LogP contribution in [0.15, 0.2) is 23.1 Å². The predicted molar refractivity (Wildman–Crippen MR) is 74.3 cm³/mol. The van der Waals surface area contributed by atoms with Gasteiger partial charge in [0.1, 0.15) is 17.4 Å². The van der Waals surface area contributed by atoms with E-state index >= 15 is 0 Å². The van der Waals surface area contributed by atoms with Gasteiger partial charge in [0.2, 0.25) is 10.0 Å². The highest BCUT2D eigenvalue weighted by Gasteiger charge is 2.32. The Morgan fingerprint density at radius 1 is 1.32 bits per heavy atom. The summed E-state index contributed by atoms with van der Waals surface area (Å²) in [5.74, 6) is -4.18. The summed E-state index contributed by atoms with van der Waals surface area (Å²) in [4.78, 5) is 22.0. The third-order valence-electron chi connectivity index (χ3n) is 2.87. The third kappa shape index (κ3) is 3.80. The molecule has 1 rings (SSSR count). The zero-order chi connectivity index (χ0) is 17.1. The first kappa shape index (κ1) is 18.1. The number of halogens is 1. The number of ether oxygens (including phenoxy) is 1. The Balaban J connectivity index is 3.38. The van der Waals surface area contributed by atoms with E-state index in [1.165, 1.54) is 13.8 Å². The molecule has 0 fully saturated rings. The molecule has 0 radical (unpaired) electrons. The fourth-order valence-electron chi connectivity index (χ4n) is 1.73. The molecule has 0 bridgehead atoms. The normalized spacial score (nSPS) is 13.0. The molecule has 0 spiro atoms. The Hall–Kier alpha value is -2.00. The molecular formula is C13H16FNO6S. The standard InChI is InChI=1S/C13H16FNO6S/c1-7(2)11(12(16)17)15-22(19,20)9-6-4-5-8(14)10(9)13(18)21-3/h4-7,11,15H,1-3H3,(H,16,17)/t11-/m1/s1. The van der Waals surface area contributed by atoms with Gasteiger partial charge < -0.3 is 9.84 Å². The van der Waals surface area contributed by atoms with Crippen molar-refractivity contribution < 1.29 is 32.2 Å². The largest absolute Gasteiger partial charge is 0.480 e. The summed E-state index contributed by atoms with van der Waals surface area (Å²) in [6.45, 7) is 3.02. The molecule has 0 aliphatic heterocycles. The van der Waals surface area contributed by atoms with E-state index < -0.39 is 50.2 Å². The second-order valence-electron chi connectivity index (χ2n) is 4.79. The van der Waals surface area contributed by atoms with E-state index in [1.807, 2.05) is 4.72 Å². The number of esters is 1. The minimum absolute atomic E-state index is 0.553. The zero-order valence-electron chi connectivity index (χ0n) is 12.2. The maximum atomic E-state index is 13.8. The number of hydrogen-bond donors (Lipinski definition) is 2. The molecule has 0 saturated carbocycles. The van der Waals surface area contributed by atoms with Crippen LogP contribution >= 0.6 is 0 Å². The van der Waals surface area contributed by atoms with Gasteiger partial charge in [-0.05, 0) is 18.1 Å². The molecule has 0 aromatic heterocycles. The van der Waals surface area contributed by atoms with Gasteiger partial charge in [-0.1, -0.05) is 19.9 Å². The first-order valence-electron chi connectivity index (χ1n) is 6.23. The molecule has 0 unspecified atom stereocenters. The van der Waals surface area contributed by atoms with Gasteiger partial charge >= 0.3 is 11.9 Å². The fraction of sp³-hybridized carbons (Fsp3) is 0.385. The molecule has 9 heteroatoms. The Bertz CT molecular complexity index is 686. The van der Waals surface area contributed by atoms with Crippen LogP contribution in [-0.4, -0.2) is 38.6 Å². The lowest BCUT2D eigenvalue weighted by Crippen LogP contribution is -2.44. The van der Waals surface area contributed by atoms with E-state index in [9.17, 15) is 22.4 Å². The summed E-state index contributed by atoms with van der Waals surface area (Å²) >= 11 is 0. The maximum Gasteiger partial charge on any atom is 0.342 e. The Labute approximate surface area is 127 Å². The summed E-state index contributed by atoms with van der Waals surface area (Å²) in [7, 11) is -3.45. The highest BCUT2D eigenvalue weighted by atomic mass is 32.2. The van der Waals surface area contributed by atoms with Crippen LogP contribution in [0.1, 0.15) is 24.2 Å². The number of methoxy groups -OCH3 is 1. The van der Waals surface area contributed by atoms with E-state index in [-0.39, 0.29) is 0 Å². The van der Waals surface area contributed by atoms with Gasteiger partial charge in [0.15, 0.2) is 0 Å². The van der Waals surface area contributed by atoms with Crippen molar-refractivity contribution in [2.24, 2.45) is 5.92 Å². The average Bonchev–Trinajstić information content (AvgIpc) is 2.43. The van der Waals surface area contributed by atoms with E-state index in [4.69, 9.17) is 5.11 Å². The summed E-state index contributed by atoms with van der Waals surface area (Å²) in [6.07, 6.45) is 0. The SMILES string of the molecule is COC(=O)c1c(F)cccc1S(=O)(=O)N[C@@H](C(=O)O)C(C)C. The molecule has 0 amide bonds. The minimum atomic E-state index is -4.43. The maximum absolute atomic E-state index is 13.8. The van der Waals surface area contributed by atoms with Crippen LogP contribution in [0, 0.1) is 11.7 Å². The highest BCUT2D eigenvalue weighted by Crippen LogP contribution is 2.21. The molecule has 0 aliphatic carbocycles. The summed E-state index contributed by atoms with van der Waals surface area (Å²) in [6, 6.07) is 1.58. The van der Waals surface area contributed by atoms with Crippen molar-refractivity contribution in [1.82, 2.24) is 4.72 Å². The molecule has 0 saturated heterocycles. The molecule has 0 heterocycles. The van der Waals surface area contributed by atoms with Crippen LogP contribution in [0.3, 0.4) is 0 Å². The van der Waals surface area contributed by atoms with Gasteiger partial charge in [-0.2, -0.15) is 4.72 Å². The quantitative estimate of drug-likeness (QED) is 0.752. The second kappa shape index (κ2) is 6.84. The number of carbonyl (C=O) groups excluding carboxylic acids is 1. The topological polar surface area (TPSA) is 110 Å². The first-order chi connectivity index (χ1) is 10.1. The first-order valence-corrected chi connectivity index (χ1v) is 7.72. The van der Waals surface area contributed by atoms with Crippen LogP contribution in [0.4, 0.5) is 4.39 Å². The van der Waals surface area contributed by atoms with E-state index in [0.29, 0.717) is 0 Å². The minimum Gasteiger partial charge on any atom is -0.480 e. The summed E-state index contributed by atoms with van der Waals surface area (Å²) in [5, 5.41) is 9.04. The molecule has 2 N–H and O–H groups in total. The van der Waals surface area contributed by atoms with Gasteiger partial charge in [-0.3, -0.25) is 4.79 Å². The van der Waals surface area contributed by atoms with Crippen molar-refractivity contribution in [1.29, 1.82) is 0 Å². The molecular weight excluding hydrogens is 317 g/mol. The van der Waals surface area contributed by atoms with Gasteiger partial charge in [-0.25, -0.2) is 17.6 Å². The van der Waals surface area contributed by atoms with Crippen molar-refractivity contribution in [2.45, 2.75) is 24.8 Å². The lowest BCUT2D eigenvalue weighted by molar-refractivity contribution is -0.140. The van der Waals surface area contributed by atoms with Crippen LogP contribution < -0.4 is 4.72 Å². The number of carbonyl (C=O) groups is 2. The van der Waals surface area contributed by atoms with Gasteiger partial charge in [-0.15, -0.1) is 0 Å². The molecule has 122 valence electrons. The number of carboxylic acids is 1. The van der Waals surface area contributed by atoms with Gasteiger partial charge in [0, 0.05) is 0 Å². The number of hydrogen-bond acceptors (Lipinski definition) is 5. The highest BCUT2D eigenvalue weighted by molar-refractivity contribution is 7.89. The molecule has 22 heavy (non-hydrogen) atoms. The second-order valence-corrected chi connectivity index (χ2v) is 6.47. The summed E-state index contributed by atoms with van der Waals surface area (Å²) in [5.41, 5.74) is -0.773. The average molecular weight is 333 g/mol. The van der Waals surface area contributed by atoms with Gasteiger partial charge in [0.25, 0.3) is 0 Å². The lowest BCUT2D eigenvalue weighted by Gasteiger charge is -2.19. The third-order valence-corrected chi connectivity index (χ3v) is 4.35. The van der Waals surface area contributed by atoms with E-state index in [2.05, 4.69) is 4.74 Å². The molecule has 1 atom stereocenters. The number of carboxylic acid groups (broad SMARTS) is 1. The number of nitrogens with one attached hydrogen (secondary N) is 1. The smallest absolute Gasteiger partial charge is 0.342 e. The molecule has 0 aliphatic rings. The Kier molecular flexibility index (Phi) is 5.61. The van der Waals surface area contributed by atoms with Gasteiger partial charge in [0.05, 0.1) is 12.0 Å². The van der Waals surface area contributed by atoms with Crippen molar-refractivity contribution in [3.63, 3.8) is 0 Å². The molecule has 7 nitrogen and oxygen atoms in total. The Morgan fingerprint density at radius 3 is 2.36 bits per heavy atom. The van der Waals surface area contributed by atoms with E-state index in [1.54, 1.807) is 0 Å². The monoisotopic (exact) mass is 333 g/mol. The number of sulfonamides is 1. The van der Waals surface area contributed by atoms with Crippen molar-refractivity contribution in [2.75, 3.05) is 7.11 Å². The van der Waals surface area contributed by atoms with Crippen LogP contribution in [0.2, 0.25) is 0 Å². The lowest BCUT2D eigenvalue weighted by atomic mass is 10.1. The number of rotatable bonds is 6. The van der Waals surface area contributed by atoms with Crippen LogP contribution in [0.25, 0.3) is 0 Å². The fourth-order valence-corrected chi connectivity index (χ4v) is 3.27. The van der Waals surface area contributed by atoms with Crippen LogP contribution in [-0.2, 0) is 19.6 Å². The predicted octanol–water partition coefficient (Wildman–Crippen LogP) is 1.000. The molecule has 1 aromatic carbocycles. The van der Waals surface area contributed by atoms with E-state index in [0.717, 1.165) is 25.3 Å². The zero-order valence-corrected chi connectivity index (χ0v) is 13.0. The van der Waals surface area contributed by atoms with Crippen molar-refractivity contribution in [3.8, 4) is 0 Å². The van der Waals surface area contributed by atoms with Crippen LogP contribution in [0.5, 0.6) is 0 Å².